The number of ketones is 1. The number of hydrogen-bond donors (Lipinski definition) is 1. The summed E-state index contributed by atoms with van der Waals surface area (Å²) in [5.74, 6) is -1.22. The van der Waals surface area contributed by atoms with Crippen molar-refractivity contribution >= 4 is 29.0 Å². The van der Waals surface area contributed by atoms with Crippen LogP contribution in [0, 0.1) is 12.7 Å². The van der Waals surface area contributed by atoms with Crippen molar-refractivity contribution in [1.82, 2.24) is 4.90 Å². The third kappa shape index (κ3) is 5.63. The van der Waals surface area contributed by atoms with Crippen LogP contribution in [-0.2, 0) is 22.4 Å². The highest BCUT2D eigenvalue weighted by atomic mass is 32.1. The molecule has 1 atom stereocenters. The summed E-state index contributed by atoms with van der Waals surface area (Å²) in [4.78, 5) is 38.6. The van der Waals surface area contributed by atoms with E-state index in [1.807, 2.05) is 6.07 Å². The van der Waals surface area contributed by atoms with E-state index < -0.39 is 5.97 Å². The molecule has 7 heteroatoms. The molecule has 1 aromatic heterocycles. The van der Waals surface area contributed by atoms with Crippen molar-refractivity contribution in [3.8, 4) is 0 Å². The Morgan fingerprint density at radius 3 is 2.80 bits per heavy atom. The van der Waals surface area contributed by atoms with Gasteiger partial charge in [-0.25, -0.2) is 9.18 Å². The molecule has 3 rings (SSSR count). The van der Waals surface area contributed by atoms with Gasteiger partial charge in [0, 0.05) is 24.3 Å². The summed E-state index contributed by atoms with van der Waals surface area (Å²) in [7, 11) is 0. The topological polar surface area (TPSA) is 74.7 Å². The molecule has 30 heavy (non-hydrogen) atoms. The van der Waals surface area contributed by atoms with Crippen molar-refractivity contribution < 1.29 is 23.9 Å². The molecule has 1 N–H and O–H groups in total. The Balaban J connectivity index is 1.52. The Bertz CT molecular complexity index is 981. The molecule has 0 radical (unpaired) electrons. The van der Waals surface area contributed by atoms with Crippen LogP contribution in [0.3, 0.4) is 0 Å². The maximum Gasteiger partial charge on any atom is 0.345 e. The normalized spacial score (nSPS) is 16.5. The zero-order valence-electron chi connectivity index (χ0n) is 16.8. The third-order valence-electron chi connectivity index (χ3n) is 5.17. The molecule has 0 aliphatic carbocycles. The molecule has 0 unspecified atom stereocenters. The molecule has 0 spiro atoms. The molecule has 0 saturated carbocycles. The second-order valence-corrected chi connectivity index (χ2v) is 8.62. The van der Waals surface area contributed by atoms with Crippen LogP contribution >= 0.6 is 11.3 Å². The molecule has 158 valence electrons. The first-order chi connectivity index (χ1) is 14.3. The lowest BCUT2D eigenvalue weighted by Gasteiger charge is -2.22. The van der Waals surface area contributed by atoms with Crippen molar-refractivity contribution in [2.24, 2.45) is 0 Å². The van der Waals surface area contributed by atoms with Crippen LogP contribution in [0.1, 0.15) is 44.9 Å². The first kappa shape index (κ1) is 21.9. The fourth-order valence-corrected chi connectivity index (χ4v) is 4.48. The second-order valence-electron chi connectivity index (χ2n) is 7.45. The average Bonchev–Trinajstić information content (AvgIpc) is 3.31. The Kier molecular flexibility index (Phi) is 7.15. The molecular formula is C23H24FNO4S. The molecule has 5 nitrogen and oxygen atoms in total. The number of allylic oxidation sites excluding steroid dienone is 1. The molecule has 1 aromatic carbocycles. The third-order valence-corrected chi connectivity index (χ3v) is 6.31. The molecule has 1 amide bonds. The number of amides is 1. The van der Waals surface area contributed by atoms with Gasteiger partial charge in [0.2, 0.25) is 5.91 Å². The lowest BCUT2D eigenvalue weighted by atomic mass is 10.0. The summed E-state index contributed by atoms with van der Waals surface area (Å²) >= 11 is 1.26. The van der Waals surface area contributed by atoms with Crippen LogP contribution < -0.4 is 0 Å². The van der Waals surface area contributed by atoms with E-state index in [1.165, 1.54) is 23.5 Å². The highest BCUT2D eigenvalue weighted by molar-refractivity contribution is 7.13. The maximum absolute atomic E-state index is 13.4. The number of nitrogens with zero attached hydrogens (tertiary/aromatic N) is 1. The summed E-state index contributed by atoms with van der Waals surface area (Å²) in [6.45, 7) is 2.24. The zero-order chi connectivity index (χ0) is 21.7. The molecule has 2 heterocycles. The van der Waals surface area contributed by atoms with Gasteiger partial charge in [-0.1, -0.05) is 18.2 Å². The van der Waals surface area contributed by atoms with Gasteiger partial charge in [0.05, 0.1) is 6.04 Å². The van der Waals surface area contributed by atoms with E-state index in [9.17, 15) is 18.8 Å². The van der Waals surface area contributed by atoms with Gasteiger partial charge < -0.3 is 10.0 Å². The predicted molar refractivity (Wildman–Crippen MR) is 113 cm³/mol. The van der Waals surface area contributed by atoms with Gasteiger partial charge in [0.1, 0.15) is 10.7 Å². The second kappa shape index (κ2) is 9.80. The maximum atomic E-state index is 13.4. The number of hydrogen-bond acceptors (Lipinski definition) is 4. The monoisotopic (exact) mass is 429 g/mol. The van der Waals surface area contributed by atoms with E-state index in [2.05, 4.69) is 0 Å². The molecule has 2 aromatic rings. The van der Waals surface area contributed by atoms with E-state index in [1.54, 1.807) is 36.1 Å². The van der Waals surface area contributed by atoms with Gasteiger partial charge in [0.25, 0.3) is 0 Å². The minimum absolute atomic E-state index is 0.0728. The average molecular weight is 430 g/mol. The van der Waals surface area contributed by atoms with Crippen molar-refractivity contribution in [3.05, 3.63) is 69.2 Å². The van der Waals surface area contributed by atoms with Gasteiger partial charge >= 0.3 is 5.97 Å². The summed E-state index contributed by atoms with van der Waals surface area (Å²) in [5, 5.41) is 8.99. The highest BCUT2D eigenvalue weighted by Crippen LogP contribution is 2.22. The zero-order valence-corrected chi connectivity index (χ0v) is 17.6. The number of carboxylic acid groups (broad SMARTS) is 1. The van der Waals surface area contributed by atoms with Crippen LogP contribution in [0.15, 0.2) is 42.5 Å². The number of benzene rings is 1. The smallest absolute Gasteiger partial charge is 0.345 e. The minimum atomic E-state index is -0.924. The molecule has 1 aliphatic heterocycles. The number of thiophene rings is 1. The fourth-order valence-electron chi connectivity index (χ4n) is 3.59. The summed E-state index contributed by atoms with van der Waals surface area (Å²) < 4.78 is 13.4. The van der Waals surface area contributed by atoms with Gasteiger partial charge in [-0.2, -0.15) is 0 Å². The first-order valence-corrected chi connectivity index (χ1v) is 10.7. The predicted octanol–water partition coefficient (Wildman–Crippen LogP) is 4.19. The largest absolute Gasteiger partial charge is 0.477 e. The number of aromatic carboxylic acids is 1. The number of carbonyl (C=O) groups excluding carboxylic acids is 2. The molecule has 1 fully saturated rings. The van der Waals surface area contributed by atoms with E-state index in [-0.39, 0.29) is 30.0 Å². The summed E-state index contributed by atoms with van der Waals surface area (Å²) in [5.41, 5.74) is 1.28. The molecule has 0 bridgehead atoms. The van der Waals surface area contributed by atoms with Gasteiger partial charge in [0.15, 0.2) is 5.78 Å². The highest BCUT2D eigenvalue weighted by Gasteiger charge is 2.28. The number of rotatable bonds is 9. The Morgan fingerprint density at radius 1 is 1.30 bits per heavy atom. The molecule has 1 aliphatic rings. The van der Waals surface area contributed by atoms with Crippen LogP contribution in [0.25, 0.3) is 0 Å². The lowest BCUT2D eigenvalue weighted by Crippen LogP contribution is -2.33. The van der Waals surface area contributed by atoms with Crippen molar-refractivity contribution in [3.63, 3.8) is 0 Å². The number of carboxylic acids is 1. The Labute approximate surface area is 178 Å². The SMILES string of the molecule is Cc1cc(CC(=O)C=C[C@H]2CCC(=O)N2CCCc2ccc(C(=O)O)s2)ccc1F. The number of likely N-dealkylation sites (tertiary alicyclic amines) is 1. The molecular weight excluding hydrogens is 405 g/mol. The fraction of sp³-hybridized carbons (Fsp3) is 0.348. The minimum Gasteiger partial charge on any atom is -0.477 e. The molecule has 1 saturated heterocycles. The number of carbonyl (C=O) groups is 3. The van der Waals surface area contributed by atoms with Gasteiger partial charge in [-0.15, -0.1) is 11.3 Å². The first-order valence-electron chi connectivity index (χ1n) is 9.91. The van der Waals surface area contributed by atoms with Crippen molar-refractivity contribution in [2.45, 2.75) is 45.1 Å². The van der Waals surface area contributed by atoms with Gasteiger partial charge in [-0.05, 0) is 61.6 Å². The quantitative estimate of drug-likeness (QED) is 0.607. The number of aryl methyl sites for hydroxylation is 2. The van der Waals surface area contributed by atoms with Crippen LogP contribution in [0.2, 0.25) is 0 Å². The van der Waals surface area contributed by atoms with E-state index in [0.29, 0.717) is 36.2 Å². The van der Waals surface area contributed by atoms with Crippen molar-refractivity contribution in [2.75, 3.05) is 6.54 Å². The van der Waals surface area contributed by atoms with Gasteiger partial charge in [-0.3, -0.25) is 9.59 Å². The van der Waals surface area contributed by atoms with E-state index >= 15 is 0 Å². The Hall–Kier alpha value is -2.80. The van der Waals surface area contributed by atoms with Crippen LogP contribution in [0.4, 0.5) is 4.39 Å². The number of halogens is 1. The van der Waals surface area contributed by atoms with Crippen molar-refractivity contribution in [1.29, 1.82) is 0 Å². The lowest BCUT2D eigenvalue weighted by molar-refractivity contribution is -0.128. The standard InChI is InChI=1S/C23H24FNO4S/c1-15-13-16(4-9-20(15)24)14-18(26)7-5-17-6-11-22(27)25(17)12-2-3-19-8-10-21(30-19)23(28)29/h4-5,7-10,13,17H,2-3,6,11-12,14H2,1H3,(H,28,29)/t17-/m0/s1. The van der Waals surface area contributed by atoms with E-state index in [4.69, 9.17) is 5.11 Å². The Morgan fingerprint density at radius 2 is 2.10 bits per heavy atom. The summed E-state index contributed by atoms with van der Waals surface area (Å²) in [6, 6.07) is 7.96. The summed E-state index contributed by atoms with van der Waals surface area (Å²) in [6.07, 6.45) is 6.09. The van der Waals surface area contributed by atoms with Crippen LogP contribution in [-0.4, -0.2) is 40.3 Å². The van der Waals surface area contributed by atoms with E-state index in [0.717, 1.165) is 16.9 Å². The van der Waals surface area contributed by atoms with Crippen LogP contribution in [0.5, 0.6) is 0 Å².